The number of likely N-dealkylation sites (tertiary alicyclic amines) is 1. The molecule has 1 aliphatic heterocycles. The fourth-order valence-corrected chi connectivity index (χ4v) is 3.25. The lowest BCUT2D eigenvalue weighted by Gasteiger charge is -2.38. The minimum atomic E-state index is -0.667. The van der Waals surface area contributed by atoms with E-state index in [-0.39, 0.29) is 40.9 Å². The number of rotatable bonds is 4. The molecular weight excluding hydrogens is 332 g/mol. The standard InChI is InChI=1S/C17H23ClN2O4/c1-10-5-4-6-11(2)20(10)16(21)9-24-17(22)12-7-13(18)14(19)8-15(12)23-3/h7-8,10-11H,4-6,9,19H2,1-3H3/t10-,11-/m0/s1. The number of benzene rings is 1. The first kappa shape index (κ1) is 18.4. The maximum atomic E-state index is 12.4. The zero-order valence-electron chi connectivity index (χ0n) is 14.2. The smallest absolute Gasteiger partial charge is 0.342 e. The molecule has 0 spiro atoms. The highest BCUT2D eigenvalue weighted by molar-refractivity contribution is 6.33. The number of hydrogen-bond acceptors (Lipinski definition) is 5. The first-order valence-electron chi connectivity index (χ1n) is 7.96. The summed E-state index contributed by atoms with van der Waals surface area (Å²) in [6.07, 6.45) is 3.03. The molecule has 0 radical (unpaired) electrons. The van der Waals surface area contributed by atoms with E-state index in [1.165, 1.54) is 19.2 Å². The zero-order valence-corrected chi connectivity index (χ0v) is 14.9. The summed E-state index contributed by atoms with van der Waals surface area (Å²) in [6.45, 7) is 3.72. The van der Waals surface area contributed by atoms with Crippen molar-refractivity contribution in [3.05, 3.63) is 22.7 Å². The molecule has 2 N–H and O–H groups in total. The number of hydrogen-bond donors (Lipinski definition) is 1. The lowest BCUT2D eigenvalue weighted by Crippen LogP contribution is -2.49. The number of piperidine rings is 1. The number of carbonyl (C=O) groups is 2. The Morgan fingerprint density at radius 3 is 2.50 bits per heavy atom. The second kappa shape index (κ2) is 7.75. The predicted molar refractivity (Wildman–Crippen MR) is 92.3 cm³/mol. The Kier molecular flexibility index (Phi) is 5.94. The molecular formula is C17H23ClN2O4. The van der Waals surface area contributed by atoms with Crippen LogP contribution in [0.2, 0.25) is 5.02 Å². The Bertz CT molecular complexity index is 625. The first-order chi connectivity index (χ1) is 11.3. The first-order valence-corrected chi connectivity index (χ1v) is 8.34. The van der Waals surface area contributed by atoms with Crippen molar-refractivity contribution < 1.29 is 19.1 Å². The van der Waals surface area contributed by atoms with Gasteiger partial charge < -0.3 is 20.1 Å². The van der Waals surface area contributed by atoms with Crippen LogP contribution in [0.25, 0.3) is 0 Å². The number of ether oxygens (including phenoxy) is 2. The summed E-state index contributed by atoms with van der Waals surface area (Å²) < 4.78 is 10.3. The lowest BCUT2D eigenvalue weighted by atomic mass is 9.97. The molecule has 1 heterocycles. The van der Waals surface area contributed by atoms with Gasteiger partial charge in [0.2, 0.25) is 0 Å². The second-order valence-electron chi connectivity index (χ2n) is 6.08. The molecule has 1 aromatic carbocycles. The monoisotopic (exact) mass is 354 g/mol. The molecule has 1 saturated heterocycles. The molecule has 24 heavy (non-hydrogen) atoms. The molecule has 0 aromatic heterocycles. The van der Waals surface area contributed by atoms with Crippen LogP contribution in [0.15, 0.2) is 12.1 Å². The van der Waals surface area contributed by atoms with Gasteiger partial charge in [-0.3, -0.25) is 4.79 Å². The molecule has 6 nitrogen and oxygen atoms in total. The van der Waals surface area contributed by atoms with Gasteiger partial charge in [-0.15, -0.1) is 0 Å². The van der Waals surface area contributed by atoms with E-state index < -0.39 is 5.97 Å². The maximum Gasteiger partial charge on any atom is 0.342 e. The third-order valence-corrected chi connectivity index (χ3v) is 4.67. The number of anilines is 1. The van der Waals surface area contributed by atoms with Gasteiger partial charge in [0.15, 0.2) is 6.61 Å². The molecule has 0 saturated carbocycles. The molecule has 0 aliphatic carbocycles. The van der Waals surface area contributed by atoms with Crippen LogP contribution in [0.1, 0.15) is 43.5 Å². The average Bonchev–Trinajstić information content (AvgIpc) is 2.54. The van der Waals surface area contributed by atoms with Crippen LogP contribution in [-0.4, -0.2) is 42.6 Å². The van der Waals surface area contributed by atoms with Crippen molar-refractivity contribution in [1.82, 2.24) is 4.90 Å². The Balaban J connectivity index is 2.05. The third-order valence-electron chi connectivity index (χ3n) is 4.35. The normalized spacial score (nSPS) is 20.6. The van der Waals surface area contributed by atoms with Crippen LogP contribution < -0.4 is 10.5 Å². The molecule has 1 fully saturated rings. The molecule has 2 atom stereocenters. The van der Waals surface area contributed by atoms with Gasteiger partial charge >= 0.3 is 5.97 Å². The molecule has 132 valence electrons. The van der Waals surface area contributed by atoms with E-state index in [2.05, 4.69) is 0 Å². The number of carbonyl (C=O) groups excluding carboxylic acids is 2. The van der Waals surface area contributed by atoms with E-state index in [0.717, 1.165) is 19.3 Å². The fourth-order valence-electron chi connectivity index (χ4n) is 3.09. The van der Waals surface area contributed by atoms with Gasteiger partial charge in [-0.1, -0.05) is 11.6 Å². The van der Waals surface area contributed by atoms with Crippen LogP contribution in [0.5, 0.6) is 5.75 Å². The van der Waals surface area contributed by atoms with E-state index >= 15 is 0 Å². The number of nitrogen functional groups attached to an aromatic ring is 1. The molecule has 7 heteroatoms. The van der Waals surface area contributed by atoms with E-state index in [4.69, 9.17) is 26.8 Å². The Hall–Kier alpha value is -1.95. The van der Waals surface area contributed by atoms with Crippen LogP contribution >= 0.6 is 11.6 Å². The average molecular weight is 355 g/mol. The molecule has 0 bridgehead atoms. The number of methoxy groups -OCH3 is 1. The van der Waals surface area contributed by atoms with E-state index in [0.29, 0.717) is 5.69 Å². The summed E-state index contributed by atoms with van der Waals surface area (Å²) in [4.78, 5) is 26.5. The third kappa shape index (κ3) is 3.93. The van der Waals surface area contributed by atoms with Crippen LogP contribution in [0, 0.1) is 0 Å². The molecule has 2 rings (SSSR count). The van der Waals surface area contributed by atoms with Crippen molar-refractivity contribution in [3.8, 4) is 5.75 Å². The number of nitrogens with two attached hydrogens (primary N) is 1. The topological polar surface area (TPSA) is 81.9 Å². The second-order valence-corrected chi connectivity index (χ2v) is 6.49. The molecule has 0 unspecified atom stereocenters. The van der Waals surface area contributed by atoms with Crippen molar-refractivity contribution in [2.24, 2.45) is 0 Å². The number of amides is 1. The van der Waals surface area contributed by atoms with Crippen molar-refractivity contribution in [2.75, 3.05) is 19.5 Å². The van der Waals surface area contributed by atoms with Gasteiger partial charge in [0.25, 0.3) is 5.91 Å². The van der Waals surface area contributed by atoms with Gasteiger partial charge in [0, 0.05) is 18.2 Å². The van der Waals surface area contributed by atoms with Crippen LogP contribution in [-0.2, 0) is 9.53 Å². The summed E-state index contributed by atoms with van der Waals surface area (Å²) in [5.41, 5.74) is 6.14. The maximum absolute atomic E-state index is 12.4. The molecule has 1 aliphatic rings. The Labute approximate surface area is 146 Å². The quantitative estimate of drug-likeness (QED) is 0.664. The lowest BCUT2D eigenvalue weighted by molar-refractivity contribution is -0.140. The minimum Gasteiger partial charge on any atom is -0.496 e. The number of esters is 1. The highest BCUT2D eigenvalue weighted by Gasteiger charge is 2.29. The highest BCUT2D eigenvalue weighted by atomic mass is 35.5. The Morgan fingerprint density at radius 2 is 1.92 bits per heavy atom. The zero-order chi connectivity index (χ0) is 17.9. The molecule has 1 amide bonds. The summed E-state index contributed by atoms with van der Waals surface area (Å²) in [5.74, 6) is -0.600. The van der Waals surface area contributed by atoms with E-state index in [9.17, 15) is 9.59 Å². The molecule has 1 aromatic rings. The van der Waals surface area contributed by atoms with Crippen molar-refractivity contribution in [2.45, 2.75) is 45.2 Å². The van der Waals surface area contributed by atoms with Crippen molar-refractivity contribution in [1.29, 1.82) is 0 Å². The number of halogens is 1. The van der Waals surface area contributed by atoms with Gasteiger partial charge in [-0.05, 0) is 39.2 Å². The van der Waals surface area contributed by atoms with E-state index in [1.54, 1.807) is 4.90 Å². The highest BCUT2D eigenvalue weighted by Crippen LogP contribution is 2.29. The predicted octanol–water partition coefficient (Wildman–Crippen LogP) is 2.88. The largest absolute Gasteiger partial charge is 0.496 e. The van der Waals surface area contributed by atoms with Gasteiger partial charge in [0.1, 0.15) is 11.3 Å². The van der Waals surface area contributed by atoms with Gasteiger partial charge in [0.05, 0.1) is 17.8 Å². The minimum absolute atomic E-state index is 0.143. The summed E-state index contributed by atoms with van der Waals surface area (Å²) >= 11 is 5.95. The number of nitrogens with zero attached hydrogens (tertiary/aromatic N) is 1. The van der Waals surface area contributed by atoms with Crippen molar-refractivity contribution in [3.63, 3.8) is 0 Å². The summed E-state index contributed by atoms with van der Waals surface area (Å²) in [6, 6.07) is 3.14. The van der Waals surface area contributed by atoms with E-state index in [1.807, 2.05) is 13.8 Å². The van der Waals surface area contributed by atoms with Crippen LogP contribution in [0.4, 0.5) is 5.69 Å². The summed E-state index contributed by atoms with van der Waals surface area (Å²) in [7, 11) is 1.42. The fraction of sp³-hybridized carbons (Fsp3) is 0.529. The van der Waals surface area contributed by atoms with Gasteiger partial charge in [-0.25, -0.2) is 4.79 Å². The van der Waals surface area contributed by atoms with Crippen molar-refractivity contribution >= 4 is 29.2 Å². The summed E-state index contributed by atoms with van der Waals surface area (Å²) in [5, 5.41) is 0.229. The Morgan fingerprint density at radius 1 is 1.29 bits per heavy atom. The van der Waals surface area contributed by atoms with Gasteiger partial charge in [-0.2, -0.15) is 0 Å². The SMILES string of the molecule is COc1cc(N)c(Cl)cc1C(=O)OCC(=O)N1[C@@H](C)CCC[C@@H]1C. The van der Waals surface area contributed by atoms with Crippen LogP contribution in [0.3, 0.4) is 0 Å².